The number of hydrogen-bond donors (Lipinski definition) is 3. The van der Waals surface area contributed by atoms with Crippen molar-refractivity contribution in [3.05, 3.63) is 71.7 Å². The Hall–Kier alpha value is -3.15. The third kappa shape index (κ3) is 4.27. The molecule has 6 heteroatoms. The minimum absolute atomic E-state index is 0.159. The van der Waals surface area contributed by atoms with Gasteiger partial charge in [-0.25, -0.2) is 4.39 Å². The minimum Gasteiger partial charge on any atom is -0.368 e. The highest BCUT2D eigenvalue weighted by atomic mass is 19.1. The van der Waals surface area contributed by atoms with Gasteiger partial charge < -0.3 is 16.0 Å². The predicted octanol–water partition coefficient (Wildman–Crippen LogP) is 2.45. The number of rotatable bonds is 7. The highest BCUT2D eigenvalue weighted by molar-refractivity contribution is 5.87. The number of para-hydroxylation sites is 1. The molecule has 0 spiro atoms. The molecule has 0 aliphatic rings. The van der Waals surface area contributed by atoms with Crippen molar-refractivity contribution in [2.24, 2.45) is 5.73 Å². The van der Waals surface area contributed by atoms with Crippen LogP contribution in [-0.4, -0.2) is 22.8 Å². The molecule has 0 radical (unpaired) electrons. The topological polar surface area (TPSA) is 88.0 Å². The molecule has 1 aromatic heterocycles. The van der Waals surface area contributed by atoms with Gasteiger partial charge in [-0.1, -0.05) is 30.3 Å². The number of H-pyrrole nitrogens is 1. The van der Waals surface area contributed by atoms with Crippen molar-refractivity contribution in [1.29, 1.82) is 0 Å². The summed E-state index contributed by atoms with van der Waals surface area (Å²) in [6.07, 6.45) is 2.82. The number of primary amides is 1. The quantitative estimate of drug-likeness (QED) is 0.609. The first-order chi connectivity index (χ1) is 12.5. The standard InChI is InChI=1S/C20H20FN3O2/c21-15-5-3-4-13(10-15)11-18(20(22)26)24-19(25)9-8-14-12-23-17-7-2-1-6-16(14)17/h1-7,10,12,18,23H,8-9,11H2,(H2,22,26)(H,24,25)/t18-/m0/s1. The van der Waals surface area contributed by atoms with Crippen LogP contribution in [0.15, 0.2) is 54.7 Å². The van der Waals surface area contributed by atoms with E-state index in [-0.39, 0.29) is 18.7 Å². The maximum atomic E-state index is 13.3. The molecule has 0 bridgehead atoms. The average Bonchev–Trinajstić information content (AvgIpc) is 3.02. The molecule has 0 unspecified atom stereocenters. The van der Waals surface area contributed by atoms with Crippen molar-refractivity contribution in [2.45, 2.75) is 25.3 Å². The second-order valence-electron chi connectivity index (χ2n) is 6.22. The van der Waals surface area contributed by atoms with Crippen LogP contribution in [-0.2, 0) is 22.4 Å². The minimum atomic E-state index is -0.868. The molecule has 0 saturated heterocycles. The number of aryl methyl sites for hydroxylation is 1. The van der Waals surface area contributed by atoms with Gasteiger partial charge in [0.05, 0.1) is 0 Å². The molecule has 2 amide bonds. The molecule has 0 saturated carbocycles. The third-order valence-electron chi connectivity index (χ3n) is 4.30. The van der Waals surface area contributed by atoms with Gasteiger partial charge in [0.15, 0.2) is 0 Å². The van der Waals surface area contributed by atoms with Crippen LogP contribution in [0.25, 0.3) is 10.9 Å². The van der Waals surface area contributed by atoms with Gasteiger partial charge in [-0.15, -0.1) is 0 Å². The van der Waals surface area contributed by atoms with Crippen molar-refractivity contribution in [3.63, 3.8) is 0 Å². The molecule has 0 aliphatic heterocycles. The Kier molecular flexibility index (Phi) is 5.31. The maximum Gasteiger partial charge on any atom is 0.240 e. The summed E-state index contributed by atoms with van der Waals surface area (Å²) in [6, 6.07) is 12.9. The first-order valence-electron chi connectivity index (χ1n) is 8.41. The number of amides is 2. The fraction of sp³-hybridized carbons (Fsp3) is 0.200. The summed E-state index contributed by atoms with van der Waals surface area (Å²) in [6.45, 7) is 0. The zero-order valence-corrected chi connectivity index (χ0v) is 14.2. The van der Waals surface area contributed by atoms with Crippen LogP contribution < -0.4 is 11.1 Å². The Bertz CT molecular complexity index is 935. The van der Waals surface area contributed by atoms with Crippen LogP contribution in [0.3, 0.4) is 0 Å². The maximum absolute atomic E-state index is 13.3. The van der Waals surface area contributed by atoms with E-state index in [0.29, 0.717) is 12.0 Å². The van der Waals surface area contributed by atoms with Gasteiger partial charge in [0.25, 0.3) is 0 Å². The summed E-state index contributed by atoms with van der Waals surface area (Å²) >= 11 is 0. The normalized spacial score (nSPS) is 12.0. The molecule has 134 valence electrons. The molecule has 26 heavy (non-hydrogen) atoms. The van der Waals surface area contributed by atoms with Crippen LogP contribution in [0.5, 0.6) is 0 Å². The van der Waals surface area contributed by atoms with Crippen molar-refractivity contribution in [2.75, 3.05) is 0 Å². The van der Waals surface area contributed by atoms with Crippen molar-refractivity contribution >= 4 is 22.7 Å². The van der Waals surface area contributed by atoms with Crippen LogP contribution in [0.1, 0.15) is 17.5 Å². The Labute approximate surface area is 150 Å². The zero-order valence-electron chi connectivity index (χ0n) is 14.2. The van der Waals surface area contributed by atoms with E-state index < -0.39 is 17.8 Å². The number of nitrogens with one attached hydrogen (secondary N) is 2. The van der Waals surface area contributed by atoms with Gasteiger partial charge in [0.2, 0.25) is 11.8 Å². The van der Waals surface area contributed by atoms with Crippen LogP contribution in [0, 0.1) is 5.82 Å². The van der Waals surface area contributed by atoms with E-state index in [4.69, 9.17) is 5.73 Å². The summed E-state index contributed by atoms with van der Waals surface area (Å²) in [5, 5.41) is 3.72. The Morgan fingerprint density at radius 1 is 1.15 bits per heavy atom. The number of carbonyl (C=O) groups excluding carboxylic acids is 2. The SMILES string of the molecule is NC(=O)[C@H](Cc1cccc(F)c1)NC(=O)CCc1c[nH]c2ccccc12. The van der Waals surface area contributed by atoms with Gasteiger partial charge in [0.1, 0.15) is 11.9 Å². The lowest BCUT2D eigenvalue weighted by Crippen LogP contribution is -2.45. The summed E-state index contributed by atoms with van der Waals surface area (Å²) in [5.74, 6) is -1.30. The van der Waals surface area contributed by atoms with Crippen LogP contribution in [0.4, 0.5) is 4.39 Å². The number of fused-ring (bicyclic) bond motifs is 1. The Balaban J connectivity index is 1.60. The number of hydrogen-bond acceptors (Lipinski definition) is 2. The predicted molar refractivity (Wildman–Crippen MR) is 97.8 cm³/mol. The lowest BCUT2D eigenvalue weighted by Gasteiger charge is -2.15. The zero-order chi connectivity index (χ0) is 18.5. The largest absolute Gasteiger partial charge is 0.368 e. The molecule has 3 rings (SSSR count). The highest BCUT2D eigenvalue weighted by Gasteiger charge is 2.19. The van der Waals surface area contributed by atoms with Crippen molar-refractivity contribution in [3.8, 4) is 0 Å². The molecular formula is C20H20FN3O2. The fourth-order valence-electron chi connectivity index (χ4n) is 2.98. The van der Waals surface area contributed by atoms with Crippen molar-refractivity contribution in [1.82, 2.24) is 10.3 Å². The molecule has 1 atom stereocenters. The molecule has 0 fully saturated rings. The Morgan fingerprint density at radius 2 is 1.96 bits per heavy atom. The lowest BCUT2D eigenvalue weighted by molar-refractivity contribution is -0.127. The summed E-state index contributed by atoms with van der Waals surface area (Å²) in [4.78, 5) is 27.1. The smallest absolute Gasteiger partial charge is 0.240 e. The van der Waals surface area contributed by atoms with E-state index in [1.54, 1.807) is 12.1 Å². The first kappa shape index (κ1) is 17.7. The lowest BCUT2D eigenvalue weighted by atomic mass is 10.0. The van der Waals surface area contributed by atoms with E-state index >= 15 is 0 Å². The van der Waals surface area contributed by atoms with Gasteiger partial charge >= 0.3 is 0 Å². The molecule has 3 aromatic rings. The number of nitrogens with two attached hydrogens (primary N) is 1. The summed E-state index contributed by atoms with van der Waals surface area (Å²) in [7, 11) is 0. The number of carbonyl (C=O) groups is 2. The average molecular weight is 353 g/mol. The van der Waals surface area contributed by atoms with E-state index in [0.717, 1.165) is 16.5 Å². The van der Waals surface area contributed by atoms with Gasteiger partial charge in [-0.2, -0.15) is 0 Å². The van der Waals surface area contributed by atoms with Gasteiger partial charge in [0, 0.05) is 29.9 Å². The van der Waals surface area contributed by atoms with Gasteiger partial charge in [-0.3, -0.25) is 9.59 Å². The second-order valence-corrected chi connectivity index (χ2v) is 6.22. The molecular weight excluding hydrogens is 333 g/mol. The van der Waals surface area contributed by atoms with E-state index in [2.05, 4.69) is 10.3 Å². The second kappa shape index (κ2) is 7.82. The van der Waals surface area contributed by atoms with Gasteiger partial charge in [-0.05, 0) is 35.7 Å². The number of benzene rings is 2. The number of aromatic amines is 1. The fourth-order valence-corrected chi connectivity index (χ4v) is 2.98. The Morgan fingerprint density at radius 3 is 2.73 bits per heavy atom. The summed E-state index contributed by atoms with van der Waals surface area (Å²) < 4.78 is 13.3. The van der Waals surface area contributed by atoms with E-state index in [1.165, 1.54) is 12.1 Å². The molecule has 2 aromatic carbocycles. The molecule has 1 heterocycles. The number of halogens is 1. The number of aromatic nitrogens is 1. The van der Waals surface area contributed by atoms with E-state index in [9.17, 15) is 14.0 Å². The van der Waals surface area contributed by atoms with Crippen LogP contribution >= 0.6 is 0 Å². The third-order valence-corrected chi connectivity index (χ3v) is 4.30. The molecule has 0 aliphatic carbocycles. The monoisotopic (exact) mass is 353 g/mol. The highest BCUT2D eigenvalue weighted by Crippen LogP contribution is 2.19. The van der Waals surface area contributed by atoms with E-state index in [1.807, 2.05) is 30.5 Å². The first-order valence-corrected chi connectivity index (χ1v) is 8.41. The molecule has 5 nitrogen and oxygen atoms in total. The van der Waals surface area contributed by atoms with Crippen LogP contribution in [0.2, 0.25) is 0 Å². The van der Waals surface area contributed by atoms with Crippen molar-refractivity contribution < 1.29 is 14.0 Å². The summed E-state index contributed by atoms with van der Waals surface area (Å²) in [5.41, 5.74) is 8.04. The molecule has 4 N–H and O–H groups in total.